The lowest BCUT2D eigenvalue weighted by molar-refractivity contribution is 0.0694. The predicted molar refractivity (Wildman–Crippen MR) is 106 cm³/mol. The van der Waals surface area contributed by atoms with Crippen molar-refractivity contribution in [2.45, 2.75) is 12.5 Å². The topological polar surface area (TPSA) is 36.1 Å². The number of hydrogen-bond donors (Lipinski definition) is 1. The fourth-order valence-electron chi connectivity index (χ4n) is 4.02. The van der Waals surface area contributed by atoms with Crippen molar-refractivity contribution in [3.8, 4) is 0 Å². The Kier molecular flexibility index (Phi) is 3.83. The molecule has 0 bridgehead atoms. The molecule has 4 aromatic rings. The van der Waals surface area contributed by atoms with Gasteiger partial charge in [0.2, 0.25) is 0 Å². The smallest absolute Gasteiger partial charge is 0.264 e. The van der Waals surface area contributed by atoms with Crippen molar-refractivity contribution in [1.29, 1.82) is 0 Å². The van der Waals surface area contributed by atoms with Gasteiger partial charge in [-0.3, -0.25) is 4.79 Å². The largest absolute Gasteiger partial charge is 0.356 e. The van der Waals surface area contributed by atoms with Crippen LogP contribution in [0.3, 0.4) is 0 Å². The Labute approximate surface area is 160 Å². The van der Waals surface area contributed by atoms with Gasteiger partial charge in [-0.15, -0.1) is 11.3 Å². The van der Waals surface area contributed by atoms with E-state index in [4.69, 9.17) is 0 Å². The van der Waals surface area contributed by atoms with Crippen molar-refractivity contribution >= 4 is 28.1 Å². The summed E-state index contributed by atoms with van der Waals surface area (Å²) >= 11 is 1.42. The molecule has 2 aromatic carbocycles. The molecule has 2 aromatic heterocycles. The third-order valence-electron chi connectivity index (χ3n) is 5.23. The zero-order chi connectivity index (χ0) is 18.4. The number of amides is 1. The predicted octanol–water partition coefficient (Wildman–Crippen LogP) is 5.16. The third-order valence-corrected chi connectivity index (χ3v) is 6.08. The number of carbonyl (C=O) groups excluding carboxylic acids is 1. The van der Waals surface area contributed by atoms with E-state index in [0.717, 1.165) is 23.0 Å². The fourth-order valence-corrected chi connectivity index (χ4v) is 4.70. The number of benzene rings is 2. The number of fused-ring (bicyclic) bond motifs is 3. The van der Waals surface area contributed by atoms with Crippen LogP contribution < -0.4 is 0 Å². The number of nitrogens with one attached hydrogen (secondary N) is 1. The summed E-state index contributed by atoms with van der Waals surface area (Å²) in [4.78, 5) is 19.1. The minimum Gasteiger partial charge on any atom is -0.356 e. The zero-order valence-electron chi connectivity index (χ0n) is 14.5. The number of aromatic amines is 1. The van der Waals surface area contributed by atoms with Crippen molar-refractivity contribution in [3.05, 3.63) is 93.6 Å². The number of H-pyrrole nitrogens is 1. The van der Waals surface area contributed by atoms with E-state index in [-0.39, 0.29) is 11.7 Å². The molecule has 1 atom stereocenters. The van der Waals surface area contributed by atoms with E-state index in [2.05, 4.69) is 11.1 Å². The van der Waals surface area contributed by atoms with Gasteiger partial charge in [-0.2, -0.15) is 0 Å². The van der Waals surface area contributed by atoms with Crippen LogP contribution in [0.25, 0.3) is 10.9 Å². The van der Waals surface area contributed by atoms with Gasteiger partial charge in [0, 0.05) is 28.7 Å². The Hall–Kier alpha value is -2.92. The molecule has 0 spiro atoms. The summed E-state index contributed by atoms with van der Waals surface area (Å²) in [5.41, 5.74) is 3.63. The van der Waals surface area contributed by atoms with E-state index >= 15 is 0 Å². The van der Waals surface area contributed by atoms with Gasteiger partial charge in [-0.1, -0.05) is 42.5 Å². The van der Waals surface area contributed by atoms with Crippen molar-refractivity contribution in [2.24, 2.45) is 0 Å². The van der Waals surface area contributed by atoms with Crippen molar-refractivity contribution in [1.82, 2.24) is 9.88 Å². The number of nitrogens with zero attached hydrogens (tertiary/aromatic N) is 1. The first-order valence-corrected chi connectivity index (χ1v) is 9.80. The first-order valence-electron chi connectivity index (χ1n) is 8.92. The van der Waals surface area contributed by atoms with Crippen LogP contribution in [0.15, 0.2) is 66.0 Å². The van der Waals surface area contributed by atoms with E-state index < -0.39 is 6.04 Å². The summed E-state index contributed by atoms with van der Waals surface area (Å²) in [5, 5.41) is 3.04. The second kappa shape index (κ2) is 6.35. The summed E-state index contributed by atoms with van der Waals surface area (Å²) < 4.78 is 14.8. The molecule has 1 N–H and O–H groups in total. The van der Waals surface area contributed by atoms with Crippen LogP contribution in [0.4, 0.5) is 4.39 Å². The standard InChI is InChI=1S/C22H17FN2OS/c23-17-8-3-1-7-16(17)21-20-15(14-6-2-4-9-18(14)24-20)11-12-25(21)22(26)19-10-5-13-27-19/h1-10,13,21,24H,11-12H2/t21-/m0/s1. The van der Waals surface area contributed by atoms with Crippen LogP contribution in [-0.2, 0) is 6.42 Å². The Morgan fingerprint density at radius 3 is 2.70 bits per heavy atom. The van der Waals surface area contributed by atoms with Crippen LogP contribution in [0.1, 0.15) is 32.5 Å². The number of hydrogen-bond acceptors (Lipinski definition) is 2. The van der Waals surface area contributed by atoms with E-state index in [0.29, 0.717) is 17.0 Å². The lowest BCUT2D eigenvalue weighted by Gasteiger charge is -2.36. The van der Waals surface area contributed by atoms with Gasteiger partial charge < -0.3 is 9.88 Å². The van der Waals surface area contributed by atoms with Crippen molar-refractivity contribution < 1.29 is 9.18 Å². The molecule has 0 saturated carbocycles. The lowest BCUT2D eigenvalue weighted by Crippen LogP contribution is -2.40. The first-order chi connectivity index (χ1) is 13.2. The van der Waals surface area contributed by atoms with Crippen LogP contribution in [0.5, 0.6) is 0 Å². The lowest BCUT2D eigenvalue weighted by atomic mass is 9.92. The van der Waals surface area contributed by atoms with Gasteiger partial charge >= 0.3 is 0 Å². The maximum Gasteiger partial charge on any atom is 0.264 e. The summed E-state index contributed by atoms with van der Waals surface area (Å²) in [7, 11) is 0. The maximum absolute atomic E-state index is 14.8. The normalized spacial score (nSPS) is 16.5. The van der Waals surface area contributed by atoms with Crippen LogP contribution in [-0.4, -0.2) is 22.3 Å². The Morgan fingerprint density at radius 2 is 1.89 bits per heavy atom. The first kappa shape index (κ1) is 16.3. The fraction of sp³-hybridized carbons (Fsp3) is 0.136. The molecule has 0 radical (unpaired) electrons. The number of halogens is 1. The highest BCUT2D eigenvalue weighted by Crippen LogP contribution is 2.40. The zero-order valence-corrected chi connectivity index (χ0v) is 15.3. The molecule has 3 heterocycles. The second-order valence-electron chi connectivity index (χ2n) is 6.71. The summed E-state index contributed by atoms with van der Waals surface area (Å²) in [6, 6.07) is 18.1. The van der Waals surface area contributed by atoms with Gasteiger partial charge in [-0.05, 0) is 35.6 Å². The van der Waals surface area contributed by atoms with E-state index in [1.54, 1.807) is 17.0 Å². The number of rotatable bonds is 2. The molecular formula is C22H17FN2OS. The molecule has 27 heavy (non-hydrogen) atoms. The summed E-state index contributed by atoms with van der Waals surface area (Å²) in [6.07, 6.45) is 0.751. The molecule has 5 heteroatoms. The van der Waals surface area contributed by atoms with E-state index in [1.807, 2.05) is 41.8 Å². The molecule has 5 rings (SSSR count). The van der Waals surface area contributed by atoms with Crippen LogP contribution >= 0.6 is 11.3 Å². The highest BCUT2D eigenvalue weighted by atomic mass is 32.1. The van der Waals surface area contributed by atoms with Gasteiger partial charge in [0.1, 0.15) is 11.9 Å². The average molecular weight is 376 g/mol. The highest BCUT2D eigenvalue weighted by molar-refractivity contribution is 7.12. The minimum absolute atomic E-state index is 0.0532. The summed E-state index contributed by atoms with van der Waals surface area (Å²) in [6.45, 7) is 0.560. The van der Waals surface area contributed by atoms with Crippen molar-refractivity contribution in [3.63, 3.8) is 0 Å². The Bertz CT molecular complexity index is 1130. The molecule has 1 aliphatic heterocycles. The number of aromatic nitrogens is 1. The Balaban J connectivity index is 1.71. The molecule has 1 amide bonds. The van der Waals surface area contributed by atoms with Gasteiger partial charge in [0.05, 0.1) is 4.88 Å². The highest BCUT2D eigenvalue weighted by Gasteiger charge is 2.36. The molecule has 0 aliphatic carbocycles. The molecule has 1 aliphatic rings. The van der Waals surface area contributed by atoms with Gasteiger partial charge in [-0.25, -0.2) is 4.39 Å². The second-order valence-corrected chi connectivity index (χ2v) is 7.66. The van der Waals surface area contributed by atoms with Crippen LogP contribution in [0.2, 0.25) is 0 Å². The summed E-state index contributed by atoms with van der Waals surface area (Å²) in [5.74, 6) is -0.347. The molecule has 0 saturated heterocycles. The molecule has 0 unspecified atom stereocenters. The monoisotopic (exact) mass is 376 g/mol. The molecule has 3 nitrogen and oxygen atoms in total. The molecule has 134 valence electrons. The molecule has 0 fully saturated rings. The van der Waals surface area contributed by atoms with Gasteiger partial charge in [0.15, 0.2) is 0 Å². The third kappa shape index (κ3) is 2.58. The molecular weight excluding hydrogens is 359 g/mol. The Morgan fingerprint density at radius 1 is 1.07 bits per heavy atom. The maximum atomic E-state index is 14.8. The SMILES string of the molecule is O=C(c1cccs1)N1CCc2c([nH]c3ccccc23)[C@@H]1c1ccccc1F. The average Bonchev–Trinajstić information content (AvgIpc) is 3.35. The van der Waals surface area contributed by atoms with Crippen LogP contribution in [0, 0.1) is 5.82 Å². The number of carbonyl (C=O) groups is 1. The minimum atomic E-state index is -0.461. The van der Waals surface area contributed by atoms with Gasteiger partial charge in [0.25, 0.3) is 5.91 Å². The van der Waals surface area contributed by atoms with Crippen molar-refractivity contribution in [2.75, 3.05) is 6.54 Å². The quantitative estimate of drug-likeness (QED) is 0.516. The number of para-hydroxylation sites is 1. The number of thiophene rings is 1. The van der Waals surface area contributed by atoms with E-state index in [1.165, 1.54) is 23.0 Å². The van der Waals surface area contributed by atoms with E-state index in [9.17, 15) is 9.18 Å².